The van der Waals surface area contributed by atoms with Gasteiger partial charge in [-0.15, -0.1) is 0 Å². The van der Waals surface area contributed by atoms with Crippen LogP contribution < -0.4 is 15.9 Å². The highest BCUT2D eigenvalue weighted by Crippen LogP contribution is 2.48. The van der Waals surface area contributed by atoms with Gasteiger partial charge in [-0.05, 0) is 57.8 Å². The summed E-state index contributed by atoms with van der Waals surface area (Å²) in [6.45, 7) is 0. The van der Waals surface area contributed by atoms with Gasteiger partial charge >= 0.3 is 0 Å². The van der Waals surface area contributed by atoms with Gasteiger partial charge in [-0.2, -0.15) is 0 Å². The third kappa shape index (κ3) is 5.28. The molecule has 0 atom stereocenters. The minimum Gasteiger partial charge on any atom is -0.456 e. The van der Waals surface area contributed by atoms with Crippen molar-refractivity contribution in [2.45, 2.75) is 0 Å². The number of furan rings is 1. The maximum absolute atomic E-state index is 15.6. The number of hydrogen-bond donors (Lipinski definition) is 0. The summed E-state index contributed by atoms with van der Waals surface area (Å²) in [7, 11) is -3.22. The van der Waals surface area contributed by atoms with E-state index in [1.807, 2.05) is 78.9 Å². The van der Waals surface area contributed by atoms with E-state index in [2.05, 4.69) is 127 Å². The van der Waals surface area contributed by atoms with Crippen LogP contribution in [0.1, 0.15) is 0 Å². The number of fused-ring (bicyclic) bond motifs is 7. The van der Waals surface area contributed by atoms with E-state index in [0.29, 0.717) is 0 Å². The van der Waals surface area contributed by atoms with Crippen molar-refractivity contribution in [3.63, 3.8) is 0 Å². The standard InChI is InChI=1S/C53H34NO2P/c55-57(38-21-6-2-7-22-38,39-23-8-3-9-24-39)49-32-31-40(41-25-10-11-26-42(41)49)36-19-16-20-37(33-36)53-45-34-48-52(44-28-13-15-30-47(44)56-48)50(35-17-4-1-5-18-35)51(45)43-27-12-14-29-46(43)54-53/h1-34H. The van der Waals surface area contributed by atoms with Crippen LogP contribution in [0.4, 0.5) is 0 Å². The summed E-state index contributed by atoms with van der Waals surface area (Å²) in [4.78, 5) is 5.40. The smallest absolute Gasteiger partial charge is 0.171 e. The molecule has 9 aromatic carbocycles. The molecule has 268 valence electrons. The summed E-state index contributed by atoms with van der Waals surface area (Å²) in [5.41, 5.74) is 8.92. The number of hydrogen-bond acceptors (Lipinski definition) is 3. The molecule has 0 amide bonds. The molecule has 11 rings (SSSR count). The normalized spacial score (nSPS) is 11.9. The van der Waals surface area contributed by atoms with Crippen molar-refractivity contribution in [1.29, 1.82) is 0 Å². The number of rotatable bonds is 6. The molecule has 3 nitrogen and oxygen atoms in total. The molecule has 0 aliphatic heterocycles. The van der Waals surface area contributed by atoms with E-state index >= 15 is 4.57 Å². The third-order valence-corrected chi connectivity index (χ3v) is 14.4. The summed E-state index contributed by atoms with van der Waals surface area (Å²) in [5, 5.41) is 9.98. The maximum Gasteiger partial charge on any atom is 0.171 e. The lowest BCUT2D eigenvalue weighted by Crippen LogP contribution is -2.25. The molecule has 0 radical (unpaired) electrons. The predicted octanol–water partition coefficient (Wildman–Crippen LogP) is 13.1. The van der Waals surface area contributed by atoms with Crippen molar-refractivity contribution in [2.75, 3.05) is 0 Å². The number of nitrogens with zero attached hydrogens (tertiary/aromatic N) is 1. The Morgan fingerprint density at radius 2 is 0.982 bits per heavy atom. The Morgan fingerprint density at radius 1 is 0.404 bits per heavy atom. The fourth-order valence-corrected chi connectivity index (χ4v) is 11.6. The molecular formula is C53H34NO2P. The zero-order chi connectivity index (χ0) is 37.9. The first-order valence-electron chi connectivity index (χ1n) is 19.2. The molecule has 4 heteroatoms. The third-order valence-electron chi connectivity index (χ3n) is 11.3. The Hall–Kier alpha value is -7.06. The Kier molecular flexibility index (Phi) is 7.77. The van der Waals surface area contributed by atoms with Gasteiger partial charge in [0.1, 0.15) is 11.2 Å². The second-order valence-corrected chi connectivity index (χ2v) is 17.3. The Morgan fingerprint density at radius 3 is 1.72 bits per heavy atom. The van der Waals surface area contributed by atoms with E-state index in [4.69, 9.17) is 9.40 Å². The minimum absolute atomic E-state index is 0.818. The van der Waals surface area contributed by atoms with Crippen LogP contribution in [-0.4, -0.2) is 4.98 Å². The zero-order valence-electron chi connectivity index (χ0n) is 30.8. The van der Waals surface area contributed by atoms with Crippen LogP contribution >= 0.6 is 7.14 Å². The van der Waals surface area contributed by atoms with Crippen molar-refractivity contribution in [3.05, 3.63) is 206 Å². The van der Waals surface area contributed by atoms with Gasteiger partial charge in [0.25, 0.3) is 0 Å². The number of para-hydroxylation sites is 2. The van der Waals surface area contributed by atoms with Crippen molar-refractivity contribution >= 4 is 77.4 Å². The van der Waals surface area contributed by atoms with Gasteiger partial charge < -0.3 is 8.98 Å². The van der Waals surface area contributed by atoms with Gasteiger partial charge in [0.2, 0.25) is 0 Å². The first kappa shape index (κ1) is 33.3. The van der Waals surface area contributed by atoms with Crippen LogP contribution in [0.25, 0.3) is 87.9 Å². The molecular weight excluding hydrogens is 714 g/mol. The van der Waals surface area contributed by atoms with Crippen molar-refractivity contribution in [1.82, 2.24) is 4.98 Å². The van der Waals surface area contributed by atoms with Gasteiger partial charge in [0.05, 0.1) is 11.2 Å². The molecule has 0 bridgehead atoms. The van der Waals surface area contributed by atoms with E-state index in [1.165, 1.54) is 0 Å². The molecule has 0 fully saturated rings. The lowest BCUT2D eigenvalue weighted by molar-refractivity contribution is 0.592. The van der Waals surface area contributed by atoms with Crippen molar-refractivity contribution in [2.24, 2.45) is 0 Å². The molecule has 0 spiro atoms. The molecule has 2 aromatic heterocycles. The average molecular weight is 748 g/mol. The summed E-state index contributed by atoms with van der Waals surface area (Å²) < 4.78 is 22.2. The van der Waals surface area contributed by atoms with Crippen LogP contribution in [0.5, 0.6) is 0 Å². The van der Waals surface area contributed by atoms with Gasteiger partial charge in [-0.3, -0.25) is 0 Å². The molecule has 0 saturated carbocycles. The number of pyridine rings is 1. The topological polar surface area (TPSA) is 43.1 Å². The Balaban J connectivity index is 1.16. The van der Waals surface area contributed by atoms with E-state index in [9.17, 15) is 0 Å². The highest BCUT2D eigenvalue weighted by Gasteiger charge is 2.32. The van der Waals surface area contributed by atoms with E-state index in [1.54, 1.807) is 0 Å². The molecule has 0 unspecified atom stereocenters. The number of aromatic nitrogens is 1. The maximum atomic E-state index is 15.6. The molecule has 0 N–H and O–H groups in total. The largest absolute Gasteiger partial charge is 0.456 e. The van der Waals surface area contributed by atoms with Crippen LogP contribution in [-0.2, 0) is 4.57 Å². The molecule has 0 aliphatic carbocycles. The molecule has 2 heterocycles. The van der Waals surface area contributed by atoms with Gasteiger partial charge in [0.15, 0.2) is 7.14 Å². The summed E-state index contributed by atoms with van der Waals surface area (Å²) in [6, 6.07) is 70.7. The summed E-state index contributed by atoms with van der Waals surface area (Å²) in [6.07, 6.45) is 0. The lowest BCUT2D eigenvalue weighted by Gasteiger charge is -2.23. The van der Waals surface area contributed by atoms with E-state index < -0.39 is 7.14 Å². The van der Waals surface area contributed by atoms with Crippen LogP contribution in [0.15, 0.2) is 211 Å². The van der Waals surface area contributed by atoms with Crippen molar-refractivity contribution in [3.8, 4) is 33.5 Å². The van der Waals surface area contributed by atoms with Gasteiger partial charge in [0, 0.05) is 54.0 Å². The fourth-order valence-electron chi connectivity index (χ4n) is 8.78. The van der Waals surface area contributed by atoms with E-state index in [0.717, 1.165) is 104 Å². The highest BCUT2D eigenvalue weighted by molar-refractivity contribution is 7.85. The Labute approximate surface area is 329 Å². The van der Waals surface area contributed by atoms with Crippen LogP contribution in [0.3, 0.4) is 0 Å². The quantitative estimate of drug-likeness (QED) is 0.126. The zero-order valence-corrected chi connectivity index (χ0v) is 31.7. The first-order valence-corrected chi connectivity index (χ1v) is 20.9. The summed E-state index contributed by atoms with van der Waals surface area (Å²) >= 11 is 0. The second kappa shape index (κ2) is 13.3. The highest BCUT2D eigenvalue weighted by atomic mass is 31.2. The predicted molar refractivity (Wildman–Crippen MR) is 240 cm³/mol. The monoisotopic (exact) mass is 747 g/mol. The van der Waals surface area contributed by atoms with Crippen LogP contribution in [0.2, 0.25) is 0 Å². The molecule has 0 saturated heterocycles. The van der Waals surface area contributed by atoms with Crippen molar-refractivity contribution < 1.29 is 8.98 Å². The van der Waals surface area contributed by atoms with Crippen LogP contribution in [0, 0.1) is 0 Å². The fraction of sp³-hybridized carbons (Fsp3) is 0. The minimum atomic E-state index is -3.22. The number of benzene rings is 9. The second-order valence-electron chi connectivity index (χ2n) is 14.5. The molecule has 57 heavy (non-hydrogen) atoms. The summed E-state index contributed by atoms with van der Waals surface area (Å²) in [5.74, 6) is 0. The van der Waals surface area contributed by atoms with E-state index in [-0.39, 0.29) is 0 Å². The SMILES string of the molecule is O=P(c1ccccc1)(c1ccccc1)c1ccc(-c2cccc(-c3nc4ccccc4c4c(-c5ccccc5)c5c(cc34)oc3ccccc35)c2)c2ccccc12. The lowest BCUT2D eigenvalue weighted by atomic mass is 9.89. The molecule has 11 aromatic rings. The average Bonchev–Trinajstić information content (AvgIpc) is 3.66. The molecule has 0 aliphatic rings. The first-order chi connectivity index (χ1) is 28.2. The Bertz CT molecular complexity index is 3330. The van der Waals surface area contributed by atoms with Gasteiger partial charge in [-0.25, -0.2) is 4.98 Å². The van der Waals surface area contributed by atoms with Gasteiger partial charge in [-0.1, -0.05) is 176 Å².